The Bertz CT molecular complexity index is 303. The van der Waals surface area contributed by atoms with Gasteiger partial charge in [-0.1, -0.05) is 13.8 Å². The van der Waals surface area contributed by atoms with Gasteiger partial charge < -0.3 is 21.3 Å². The highest BCUT2D eigenvalue weighted by Crippen LogP contribution is 2.03. The lowest BCUT2D eigenvalue weighted by molar-refractivity contribution is -0.143. The van der Waals surface area contributed by atoms with E-state index >= 15 is 0 Å². The van der Waals surface area contributed by atoms with Gasteiger partial charge in [0.2, 0.25) is 5.91 Å². The van der Waals surface area contributed by atoms with Crippen LogP contribution < -0.4 is 11.1 Å². The van der Waals surface area contributed by atoms with E-state index in [2.05, 4.69) is 5.32 Å². The van der Waals surface area contributed by atoms with E-state index in [1.54, 1.807) is 13.8 Å². The van der Waals surface area contributed by atoms with Crippen LogP contribution in [0.4, 0.5) is 0 Å². The molecule has 0 rings (SSSR count). The van der Waals surface area contributed by atoms with Crippen LogP contribution in [0.5, 0.6) is 0 Å². The van der Waals surface area contributed by atoms with Crippen LogP contribution in [0.15, 0.2) is 0 Å². The minimum absolute atomic E-state index is 0.0222. The van der Waals surface area contributed by atoms with Crippen LogP contribution in [-0.4, -0.2) is 40.1 Å². The molecule has 7 heteroatoms. The lowest BCUT2D eigenvalue weighted by Crippen LogP contribution is -2.50. The average molecular weight is 246 g/mol. The second-order valence-electron chi connectivity index (χ2n) is 4.11. The highest BCUT2D eigenvalue weighted by Gasteiger charge is 2.25. The average Bonchev–Trinajstić information content (AvgIpc) is 2.20. The quantitative estimate of drug-likeness (QED) is 0.474. The van der Waals surface area contributed by atoms with Crippen molar-refractivity contribution in [2.75, 3.05) is 0 Å². The van der Waals surface area contributed by atoms with E-state index < -0.39 is 29.9 Å². The minimum atomic E-state index is -1.14. The van der Waals surface area contributed by atoms with E-state index in [9.17, 15) is 14.4 Å². The Morgan fingerprint density at radius 2 is 1.76 bits per heavy atom. The first-order valence-corrected chi connectivity index (χ1v) is 5.26. The predicted octanol–water partition coefficient (Wildman–Crippen LogP) is -0.596. The van der Waals surface area contributed by atoms with Crippen LogP contribution in [0.1, 0.15) is 26.7 Å². The van der Waals surface area contributed by atoms with Gasteiger partial charge in [-0.05, 0) is 12.3 Å². The van der Waals surface area contributed by atoms with Crippen LogP contribution in [-0.2, 0) is 14.4 Å². The molecule has 0 bridgehead atoms. The van der Waals surface area contributed by atoms with Crippen molar-refractivity contribution in [3.63, 3.8) is 0 Å². The summed E-state index contributed by atoms with van der Waals surface area (Å²) in [6.45, 7) is 3.31. The van der Waals surface area contributed by atoms with E-state index in [0.717, 1.165) is 0 Å². The molecular weight excluding hydrogens is 228 g/mol. The zero-order valence-electron chi connectivity index (χ0n) is 9.84. The second kappa shape index (κ2) is 6.85. The molecular formula is C10H18N2O5. The molecule has 0 fully saturated rings. The first-order valence-electron chi connectivity index (χ1n) is 5.26. The predicted molar refractivity (Wildman–Crippen MR) is 59.2 cm³/mol. The Morgan fingerprint density at radius 3 is 2.12 bits per heavy atom. The van der Waals surface area contributed by atoms with Crippen LogP contribution >= 0.6 is 0 Å². The number of carbonyl (C=O) groups excluding carboxylic acids is 1. The monoisotopic (exact) mass is 246 g/mol. The Morgan fingerprint density at radius 1 is 1.24 bits per heavy atom. The van der Waals surface area contributed by atoms with Crippen molar-refractivity contribution in [1.29, 1.82) is 0 Å². The summed E-state index contributed by atoms with van der Waals surface area (Å²) in [5.41, 5.74) is 5.45. The third kappa shape index (κ3) is 5.86. The van der Waals surface area contributed by atoms with Crippen molar-refractivity contribution in [3.05, 3.63) is 0 Å². The fourth-order valence-electron chi connectivity index (χ4n) is 1.18. The molecule has 98 valence electrons. The van der Waals surface area contributed by atoms with Crippen molar-refractivity contribution in [2.24, 2.45) is 11.7 Å². The number of rotatable bonds is 7. The molecule has 0 aromatic carbocycles. The van der Waals surface area contributed by atoms with Crippen LogP contribution in [0.25, 0.3) is 0 Å². The first-order chi connectivity index (χ1) is 7.75. The molecule has 0 aromatic heterocycles. The molecule has 0 aliphatic carbocycles. The minimum Gasteiger partial charge on any atom is -0.481 e. The summed E-state index contributed by atoms with van der Waals surface area (Å²) in [4.78, 5) is 32.6. The number of carboxylic acid groups (broad SMARTS) is 2. The Labute approximate surface area is 99.0 Å². The number of amides is 1. The molecule has 0 saturated heterocycles. The third-order valence-corrected chi connectivity index (χ3v) is 2.24. The maximum absolute atomic E-state index is 11.5. The molecule has 0 heterocycles. The Kier molecular flexibility index (Phi) is 6.19. The molecule has 7 nitrogen and oxygen atoms in total. The van der Waals surface area contributed by atoms with Gasteiger partial charge in [-0.3, -0.25) is 9.59 Å². The summed E-state index contributed by atoms with van der Waals surface area (Å²) < 4.78 is 0. The first kappa shape index (κ1) is 15.4. The van der Waals surface area contributed by atoms with Gasteiger partial charge in [-0.15, -0.1) is 0 Å². The Hall–Kier alpha value is -1.63. The molecule has 17 heavy (non-hydrogen) atoms. The van der Waals surface area contributed by atoms with Crippen LogP contribution in [0.3, 0.4) is 0 Å². The number of carbonyl (C=O) groups is 3. The summed E-state index contributed by atoms with van der Waals surface area (Å²) in [6, 6.07) is -2.02. The largest absolute Gasteiger partial charge is 0.481 e. The SMILES string of the molecule is CC(C)[C@@H](NC(=O)[C@H](N)CCC(=O)O)C(=O)O. The van der Waals surface area contributed by atoms with Crippen molar-refractivity contribution in [2.45, 2.75) is 38.8 Å². The topological polar surface area (TPSA) is 130 Å². The summed E-state index contributed by atoms with van der Waals surface area (Å²) in [5, 5.41) is 19.5. The fourth-order valence-corrected chi connectivity index (χ4v) is 1.18. The van der Waals surface area contributed by atoms with Crippen molar-refractivity contribution >= 4 is 17.8 Å². The maximum Gasteiger partial charge on any atom is 0.326 e. The summed E-state index contributed by atoms with van der Waals surface area (Å²) in [7, 11) is 0. The molecule has 0 unspecified atom stereocenters. The molecule has 5 N–H and O–H groups in total. The van der Waals surface area contributed by atoms with Gasteiger partial charge in [-0.2, -0.15) is 0 Å². The molecule has 0 radical (unpaired) electrons. The van der Waals surface area contributed by atoms with Crippen molar-refractivity contribution in [1.82, 2.24) is 5.32 Å². The number of aliphatic carboxylic acids is 2. The number of hydrogen-bond acceptors (Lipinski definition) is 4. The summed E-state index contributed by atoms with van der Waals surface area (Å²) in [5.74, 6) is -3.11. The van der Waals surface area contributed by atoms with Gasteiger partial charge >= 0.3 is 11.9 Å². The molecule has 1 amide bonds. The molecule has 0 saturated carbocycles. The number of carboxylic acids is 2. The lowest BCUT2D eigenvalue weighted by atomic mass is 10.0. The number of nitrogens with one attached hydrogen (secondary N) is 1. The van der Waals surface area contributed by atoms with Crippen LogP contribution in [0, 0.1) is 5.92 Å². The maximum atomic E-state index is 11.5. The molecule has 2 atom stereocenters. The standard InChI is InChI=1S/C10H18N2O5/c1-5(2)8(10(16)17)12-9(15)6(11)3-4-7(13)14/h5-6,8H,3-4,11H2,1-2H3,(H,12,15)(H,13,14)(H,16,17)/t6-,8-/m1/s1. The van der Waals surface area contributed by atoms with Gasteiger partial charge in [0.15, 0.2) is 0 Å². The molecule has 0 aliphatic heterocycles. The summed E-state index contributed by atoms with van der Waals surface area (Å²) in [6.07, 6.45) is -0.250. The van der Waals surface area contributed by atoms with E-state index in [-0.39, 0.29) is 18.8 Å². The third-order valence-electron chi connectivity index (χ3n) is 2.24. The molecule has 0 spiro atoms. The van der Waals surface area contributed by atoms with E-state index in [4.69, 9.17) is 15.9 Å². The summed E-state index contributed by atoms with van der Waals surface area (Å²) >= 11 is 0. The highest BCUT2D eigenvalue weighted by molar-refractivity contribution is 5.87. The van der Waals surface area contributed by atoms with Gasteiger partial charge in [-0.25, -0.2) is 4.79 Å². The number of hydrogen-bond donors (Lipinski definition) is 4. The molecule has 0 aliphatic rings. The van der Waals surface area contributed by atoms with E-state index in [1.807, 2.05) is 0 Å². The van der Waals surface area contributed by atoms with E-state index in [1.165, 1.54) is 0 Å². The highest BCUT2D eigenvalue weighted by atomic mass is 16.4. The second-order valence-corrected chi connectivity index (χ2v) is 4.11. The Balaban J connectivity index is 4.31. The van der Waals surface area contributed by atoms with E-state index in [0.29, 0.717) is 0 Å². The van der Waals surface area contributed by atoms with Crippen molar-refractivity contribution < 1.29 is 24.6 Å². The zero-order valence-corrected chi connectivity index (χ0v) is 9.84. The van der Waals surface area contributed by atoms with Gasteiger partial charge in [0.05, 0.1) is 6.04 Å². The fraction of sp³-hybridized carbons (Fsp3) is 0.700. The number of nitrogens with two attached hydrogens (primary N) is 1. The lowest BCUT2D eigenvalue weighted by Gasteiger charge is -2.20. The smallest absolute Gasteiger partial charge is 0.326 e. The van der Waals surface area contributed by atoms with Gasteiger partial charge in [0, 0.05) is 6.42 Å². The normalized spacial score (nSPS) is 14.1. The van der Waals surface area contributed by atoms with Crippen LogP contribution in [0.2, 0.25) is 0 Å². The molecule has 0 aromatic rings. The van der Waals surface area contributed by atoms with Crippen molar-refractivity contribution in [3.8, 4) is 0 Å². The van der Waals surface area contributed by atoms with Gasteiger partial charge in [0.1, 0.15) is 6.04 Å². The van der Waals surface area contributed by atoms with Gasteiger partial charge in [0.25, 0.3) is 0 Å². The zero-order chi connectivity index (χ0) is 13.6.